The Morgan fingerprint density at radius 1 is 1.00 bits per heavy atom. The van der Waals surface area contributed by atoms with Crippen LogP contribution in [0, 0.1) is 13.8 Å². The molecule has 218 valence electrons. The molecule has 0 aliphatic heterocycles. The van der Waals surface area contributed by atoms with Crippen LogP contribution in [-0.4, -0.2) is 48.4 Å². The van der Waals surface area contributed by atoms with Crippen molar-refractivity contribution >= 4 is 33.8 Å². The second-order valence-corrected chi connectivity index (χ2v) is 11.7. The van der Waals surface area contributed by atoms with Crippen LogP contribution < -0.4 is 11.0 Å². The van der Waals surface area contributed by atoms with Crippen molar-refractivity contribution in [1.29, 1.82) is 0 Å². The number of amides is 1. The highest BCUT2D eigenvalue weighted by Crippen LogP contribution is 2.33. The van der Waals surface area contributed by atoms with Gasteiger partial charge in [-0.25, -0.2) is 4.79 Å². The minimum atomic E-state index is -1.10. The van der Waals surface area contributed by atoms with Crippen molar-refractivity contribution in [3.63, 3.8) is 0 Å². The van der Waals surface area contributed by atoms with Crippen LogP contribution in [0.2, 0.25) is 0 Å². The van der Waals surface area contributed by atoms with E-state index in [4.69, 9.17) is 0 Å². The molecule has 4 N–H and O–H groups in total. The summed E-state index contributed by atoms with van der Waals surface area (Å²) < 4.78 is 3.17. The van der Waals surface area contributed by atoms with Gasteiger partial charge in [0.2, 0.25) is 0 Å². The first-order valence-electron chi connectivity index (χ1n) is 14.0. The lowest BCUT2D eigenvalue weighted by Gasteiger charge is -2.19. The fraction of sp³-hybridized carbons (Fsp3) is 0.303. The van der Waals surface area contributed by atoms with Crippen LogP contribution in [0.5, 0.6) is 0 Å². The van der Waals surface area contributed by atoms with E-state index in [2.05, 4.69) is 22.4 Å². The number of aliphatic carboxylic acids is 1. The molecule has 0 aliphatic rings. The number of fused-ring (bicyclic) bond motifs is 2. The van der Waals surface area contributed by atoms with Gasteiger partial charge in [0.1, 0.15) is 0 Å². The number of H-pyrrole nitrogens is 1. The molecule has 0 spiro atoms. The van der Waals surface area contributed by atoms with Crippen LogP contribution in [0.1, 0.15) is 71.9 Å². The monoisotopic (exact) mass is 568 g/mol. The van der Waals surface area contributed by atoms with Gasteiger partial charge in [-0.1, -0.05) is 36.4 Å². The summed E-state index contributed by atoms with van der Waals surface area (Å²) in [6, 6.07) is 17.0. The minimum Gasteiger partial charge on any atom is -0.481 e. The number of aromatic nitrogens is 3. The van der Waals surface area contributed by atoms with E-state index < -0.39 is 29.6 Å². The number of hydrogen-bond acceptors (Lipinski definition) is 4. The molecule has 9 nitrogen and oxygen atoms in total. The summed E-state index contributed by atoms with van der Waals surface area (Å²) in [5.41, 5.74) is 4.65. The number of nitrogens with zero attached hydrogens (tertiary/aromatic N) is 2. The van der Waals surface area contributed by atoms with E-state index in [1.165, 1.54) is 4.57 Å². The molecule has 42 heavy (non-hydrogen) atoms. The maximum Gasteiger partial charge on any atom is 0.330 e. The number of carboxylic acids is 1. The lowest BCUT2D eigenvalue weighted by Crippen LogP contribution is -2.38. The molecule has 9 heteroatoms. The van der Waals surface area contributed by atoms with Crippen molar-refractivity contribution in [2.45, 2.75) is 58.7 Å². The van der Waals surface area contributed by atoms with Gasteiger partial charge in [-0.05, 0) is 75.6 Å². The van der Waals surface area contributed by atoms with Gasteiger partial charge >= 0.3 is 11.7 Å². The Bertz CT molecular complexity index is 1860. The number of imidazole rings is 1. The molecule has 2 atom stereocenters. The normalized spacial score (nSPS) is 13.4. The Morgan fingerprint density at radius 3 is 2.38 bits per heavy atom. The predicted octanol–water partition coefficient (Wildman–Crippen LogP) is 5.08. The molecule has 0 bridgehead atoms. The zero-order valence-corrected chi connectivity index (χ0v) is 24.4. The van der Waals surface area contributed by atoms with E-state index in [0.29, 0.717) is 22.2 Å². The molecule has 5 aromatic rings. The van der Waals surface area contributed by atoms with Gasteiger partial charge in [0.15, 0.2) is 0 Å². The van der Waals surface area contributed by atoms with Gasteiger partial charge in [0.05, 0.1) is 35.1 Å². The third kappa shape index (κ3) is 5.47. The minimum absolute atomic E-state index is 0.0414. The maximum absolute atomic E-state index is 14.4. The standard InChI is InChI=1S/C33H36N4O5/c1-19-13-20(2)30-24(17-34-25(30)14-19)21(3)36-26-12-11-23(31(40)35-18-33(4,5)42)15-28(26)37(32(36)41)27(16-29(38)39)22-9-7-6-8-10-22/h6-15,17,21,27,34,42H,16,18H2,1-5H3,(H,35,40)(H,38,39)/t21?,27-/m1/s1. The molecule has 2 heterocycles. The molecule has 5 rings (SSSR count). The molecule has 0 fully saturated rings. The average molecular weight is 569 g/mol. The van der Waals surface area contributed by atoms with Crippen LogP contribution in [0.15, 0.2) is 71.7 Å². The zero-order chi connectivity index (χ0) is 30.3. The van der Waals surface area contributed by atoms with Gasteiger partial charge < -0.3 is 20.5 Å². The van der Waals surface area contributed by atoms with Crippen LogP contribution >= 0.6 is 0 Å². The van der Waals surface area contributed by atoms with Gasteiger partial charge in [-0.15, -0.1) is 0 Å². The van der Waals surface area contributed by atoms with Crippen molar-refractivity contribution in [1.82, 2.24) is 19.4 Å². The number of carbonyl (C=O) groups is 2. The second-order valence-electron chi connectivity index (χ2n) is 11.7. The van der Waals surface area contributed by atoms with Crippen LogP contribution in [0.3, 0.4) is 0 Å². The van der Waals surface area contributed by atoms with E-state index in [1.54, 1.807) is 48.7 Å². The first-order valence-corrected chi connectivity index (χ1v) is 14.0. The summed E-state index contributed by atoms with van der Waals surface area (Å²) in [5, 5.41) is 23.7. The Hall–Kier alpha value is -4.63. The Balaban J connectivity index is 1.74. The lowest BCUT2D eigenvalue weighted by molar-refractivity contribution is -0.137. The van der Waals surface area contributed by atoms with Crippen molar-refractivity contribution in [3.05, 3.63) is 105 Å². The summed E-state index contributed by atoms with van der Waals surface area (Å²) in [6.07, 6.45) is 1.60. The third-order valence-corrected chi connectivity index (χ3v) is 7.70. The fourth-order valence-electron chi connectivity index (χ4n) is 5.82. The zero-order valence-electron chi connectivity index (χ0n) is 24.4. The topological polar surface area (TPSA) is 129 Å². The van der Waals surface area contributed by atoms with E-state index >= 15 is 0 Å². The number of nitrogens with one attached hydrogen (secondary N) is 2. The van der Waals surface area contributed by atoms with E-state index in [-0.39, 0.29) is 18.7 Å². The van der Waals surface area contributed by atoms with E-state index in [9.17, 15) is 24.6 Å². The first kappa shape index (κ1) is 28.9. The highest BCUT2D eigenvalue weighted by molar-refractivity contribution is 5.97. The first-order chi connectivity index (χ1) is 19.9. The third-order valence-electron chi connectivity index (χ3n) is 7.70. The Morgan fingerprint density at radius 2 is 1.71 bits per heavy atom. The largest absolute Gasteiger partial charge is 0.481 e. The average Bonchev–Trinajstić information content (AvgIpc) is 3.48. The van der Waals surface area contributed by atoms with Crippen molar-refractivity contribution < 1.29 is 19.8 Å². The number of rotatable bonds is 9. The number of hydrogen-bond donors (Lipinski definition) is 4. The summed E-state index contributed by atoms with van der Waals surface area (Å²) in [4.78, 5) is 42.9. The number of carboxylic acid groups (broad SMARTS) is 1. The molecular formula is C33H36N4O5. The smallest absolute Gasteiger partial charge is 0.330 e. The van der Waals surface area contributed by atoms with Crippen molar-refractivity contribution in [3.8, 4) is 0 Å². The molecule has 2 aromatic heterocycles. The van der Waals surface area contributed by atoms with E-state index in [1.807, 2.05) is 45.2 Å². The second kappa shape index (κ2) is 11.0. The molecular weight excluding hydrogens is 532 g/mol. The molecule has 0 saturated carbocycles. The molecule has 0 aliphatic carbocycles. The fourth-order valence-corrected chi connectivity index (χ4v) is 5.82. The number of carbonyl (C=O) groups excluding carboxylic acids is 1. The predicted molar refractivity (Wildman–Crippen MR) is 163 cm³/mol. The SMILES string of the molecule is Cc1cc(C)c2c(C(C)n3c(=O)n([C@H](CC(=O)O)c4ccccc4)c4cc(C(=O)NCC(C)(C)O)ccc43)c[nH]c2c1. The van der Waals surface area contributed by atoms with Crippen LogP contribution in [0.4, 0.5) is 0 Å². The summed E-state index contributed by atoms with van der Waals surface area (Å²) in [7, 11) is 0. The number of aliphatic hydroxyl groups is 1. The van der Waals surface area contributed by atoms with Crippen molar-refractivity contribution in [2.75, 3.05) is 6.54 Å². The Kier molecular flexibility index (Phi) is 7.55. The van der Waals surface area contributed by atoms with Gasteiger partial charge in [0, 0.05) is 34.8 Å². The summed E-state index contributed by atoms with van der Waals surface area (Å²) in [5.74, 6) is -1.46. The molecule has 0 radical (unpaired) electrons. The van der Waals surface area contributed by atoms with E-state index in [0.717, 1.165) is 27.6 Å². The quantitative estimate of drug-likeness (QED) is 0.197. The highest BCUT2D eigenvalue weighted by Gasteiger charge is 2.28. The summed E-state index contributed by atoms with van der Waals surface area (Å²) >= 11 is 0. The van der Waals surface area contributed by atoms with Crippen molar-refractivity contribution in [2.24, 2.45) is 0 Å². The summed E-state index contributed by atoms with van der Waals surface area (Å²) in [6.45, 7) is 9.27. The molecule has 3 aromatic carbocycles. The molecule has 1 amide bonds. The number of benzene rings is 3. The van der Waals surface area contributed by atoms with Gasteiger partial charge in [0.25, 0.3) is 5.91 Å². The van der Waals surface area contributed by atoms with Crippen LogP contribution in [-0.2, 0) is 4.79 Å². The maximum atomic E-state index is 14.4. The number of aromatic amines is 1. The lowest BCUT2D eigenvalue weighted by atomic mass is 10.0. The number of aryl methyl sites for hydroxylation is 2. The highest BCUT2D eigenvalue weighted by atomic mass is 16.4. The molecule has 0 saturated heterocycles. The van der Waals surface area contributed by atoms with Gasteiger partial charge in [-0.2, -0.15) is 0 Å². The van der Waals surface area contributed by atoms with Gasteiger partial charge in [-0.3, -0.25) is 18.7 Å². The van der Waals surface area contributed by atoms with Crippen LogP contribution in [0.25, 0.3) is 21.9 Å². The molecule has 1 unspecified atom stereocenters. The Labute approximate surface area is 243 Å².